The first kappa shape index (κ1) is 27.9. The summed E-state index contributed by atoms with van der Waals surface area (Å²) in [4.78, 5) is 2.32. The first-order chi connectivity index (χ1) is 24.3. The van der Waals surface area contributed by atoms with Crippen LogP contribution in [-0.4, -0.2) is 0 Å². The van der Waals surface area contributed by atoms with Crippen LogP contribution in [0.15, 0.2) is 180 Å². The summed E-state index contributed by atoms with van der Waals surface area (Å²) in [5.74, 6) is 0. The van der Waals surface area contributed by atoms with Gasteiger partial charge in [-0.3, -0.25) is 0 Å². The average Bonchev–Trinajstić information content (AvgIpc) is 3.74. The Kier molecular flexibility index (Phi) is 6.39. The molecule has 2 heterocycles. The molecule has 49 heavy (non-hydrogen) atoms. The molecule has 230 valence electrons. The van der Waals surface area contributed by atoms with Crippen LogP contribution in [-0.2, 0) is 0 Å². The van der Waals surface area contributed by atoms with Gasteiger partial charge in [0.25, 0.3) is 0 Å². The van der Waals surface area contributed by atoms with Crippen molar-refractivity contribution in [2.24, 2.45) is 0 Å². The van der Waals surface area contributed by atoms with Crippen molar-refractivity contribution in [3.05, 3.63) is 176 Å². The maximum Gasteiger partial charge on any atom is 0.137 e. The highest BCUT2D eigenvalue weighted by molar-refractivity contribution is 7.26. The zero-order chi connectivity index (χ0) is 32.3. The molecule has 0 bridgehead atoms. The third-order valence-corrected chi connectivity index (χ3v) is 10.9. The maximum absolute atomic E-state index is 6.34. The number of nitrogens with zero attached hydrogens (tertiary/aromatic N) is 1. The average molecular weight is 644 g/mol. The Hall–Kier alpha value is -6.16. The Morgan fingerprint density at radius 2 is 1.04 bits per heavy atom. The molecule has 0 spiro atoms. The number of fused-ring (bicyclic) bond motifs is 8. The second-order valence-electron chi connectivity index (χ2n) is 12.5. The van der Waals surface area contributed by atoms with E-state index in [1.165, 1.54) is 53.2 Å². The van der Waals surface area contributed by atoms with Gasteiger partial charge in [-0.1, -0.05) is 121 Å². The third kappa shape index (κ3) is 4.62. The highest BCUT2D eigenvalue weighted by Crippen LogP contribution is 2.44. The van der Waals surface area contributed by atoms with E-state index in [4.69, 9.17) is 4.42 Å². The maximum atomic E-state index is 6.34. The van der Waals surface area contributed by atoms with Crippen molar-refractivity contribution in [3.63, 3.8) is 0 Å². The molecular formula is C46H29NOS. The third-order valence-electron chi connectivity index (χ3n) is 9.68. The number of para-hydroxylation sites is 1. The number of furan rings is 1. The lowest BCUT2D eigenvalue weighted by molar-refractivity contribution is 0.669. The molecule has 0 amide bonds. The van der Waals surface area contributed by atoms with Crippen LogP contribution in [0.25, 0.3) is 75.1 Å². The second-order valence-corrected chi connectivity index (χ2v) is 13.6. The monoisotopic (exact) mass is 643 g/mol. The highest BCUT2D eigenvalue weighted by Gasteiger charge is 2.17. The van der Waals surface area contributed by atoms with Crippen LogP contribution in [0.4, 0.5) is 17.1 Å². The van der Waals surface area contributed by atoms with Crippen LogP contribution in [0, 0.1) is 0 Å². The summed E-state index contributed by atoms with van der Waals surface area (Å²) in [6.45, 7) is 0. The summed E-state index contributed by atoms with van der Waals surface area (Å²) in [5.41, 5.74) is 9.85. The van der Waals surface area contributed by atoms with E-state index in [-0.39, 0.29) is 0 Å². The van der Waals surface area contributed by atoms with Crippen molar-refractivity contribution >= 4 is 81.3 Å². The molecule has 8 aromatic carbocycles. The van der Waals surface area contributed by atoms with Crippen molar-refractivity contribution in [2.45, 2.75) is 0 Å². The van der Waals surface area contributed by atoms with Gasteiger partial charge >= 0.3 is 0 Å². The van der Waals surface area contributed by atoms with Gasteiger partial charge in [0.2, 0.25) is 0 Å². The van der Waals surface area contributed by atoms with Gasteiger partial charge in [-0.15, -0.1) is 11.3 Å². The lowest BCUT2D eigenvalue weighted by Gasteiger charge is -2.26. The molecular weight excluding hydrogens is 615 g/mol. The number of anilines is 3. The molecule has 3 heteroatoms. The van der Waals surface area contributed by atoms with E-state index in [1.807, 2.05) is 23.5 Å². The van der Waals surface area contributed by atoms with Crippen LogP contribution < -0.4 is 4.90 Å². The Balaban J connectivity index is 1.10. The van der Waals surface area contributed by atoms with Gasteiger partial charge in [0, 0.05) is 54.1 Å². The predicted octanol–water partition coefficient (Wildman–Crippen LogP) is 13.9. The summed E-state index contributed by atoms with van der Waals surface area (Å²) in [6, 6.07) is 63.1. The number of rotatable bonds is 5. The predicted molar refractivity (Wildman–Crippen MR) is 210 cm³/mol. The molecule has 2 nitrogen and oxygen atoms in total. The molecule has 0 aliphatic carbocycles. The zero-order valence-corrected chi connectivity index (χ0v) is 27.3. The largest absolute Gasteiger partial charge is 0.456 e. The van der Waals surface area contributed by atoms with E-state index in [0.29, 0.717) is 0 Å². The normalized spacial score (nSPS) is 11.7. The SMILES string of the molecule is c1ccc(-c2ccc(N(c3ccc(-c4cccc5sc6c7ccccc7ccc6c45)cc3)c3ccc4c(c3)oc3ccccc34)cc2)cc1. The Morgan fingerprint density at radius 1 is 0.408 bits per heavy atom. The molecule has 0 saturated heterocycles. The van der Waals surface area contributed by atoms with Crippen molar-refractivity contribution in [2.75, 3.05) is 4.90 Å². The Morgan fingerprint density at radius 3 is 1.86 bits per heavy atom. The van der Waals surface area contributed by atoms with Crippen LogP contribution >= 0.6 is 11.3 Å². The van der Waals surface area contributed by atoms with Gasteiger partial charge in [-0.2, -0.15) is 0 Å². The standard InChI is InChI=1S/C46H29NOS/c1-2-9-30(10-3-1)31-17-22-34(23-18-31)47(36-26-28-40-39-13-6-7-15-42(39)48-43(40)29-36)35-24-19-33(20-25-35)37-14-8-16-44-45(37)41-27-21-32-11-4-5-12-38(32)46(41)49-44/h1-29H. The lowest BCUT2D eigenvalue weighted by Crippen LogP contribution is -2.09. The van der Waals surface area contributed by atoms with Crippen molar-refractivity contribution in [3.8, 4) is 22.3 Å². The molecule has 2 aromatic heterocycles. The first-order valence-electron chi connectivity index (χ1n) is 16.6. The molecule has 0 saturated carbocycles. The summed E-state index contributed by atoms with van der Waals surface area (Å²) in [7, 11) is 0. The van der Waals surface area contributed by atoms with E-state index in [1.54, 1.807) is 0 Å². The second kappa shape index (κ2) is 11.2. The van der Waals surface area contributed by atoms with Crippen LogP contribution in [0.2, 0.25) is 0 Å². The minimum Gasteiger partial charge on any atom is -0.456 e. The van der Waals surface area contributed by atoms with Gasteiger partial charge in [0.15, 0.2) is 0 Å². The summed E-state index contributed by atoms with van der Waals surface area (Å²) in [6.07, 6.45) is 0. The number of hydrogen-bond acceptors (Lipinski definition) is 3. The molecule has 0 fully saturated rings. The quantitative estimate of drug-likeness (QED) is 0.186. The van der Waals surface area contributed by atoms with Crippen molar-refractivity contribution in [1.82, 2.24) is 0 Å². The molecule has 10 rings (SSSR count). The van der Waals surface area contributed by atoms with Gasteiger partial charge in [0.05, 0.1) is 0 Å². The van der Waals surface area contributed by atoms with E-state index in [9.17, 15) is 0 Å². The van der Waals surface area contributed by atoms with Gasteiger partial charge < -0.3 is 9.32 Å². The van der Waals surface area contributed by atoms with Crippen LogP contribution in [0.3, 0.4) is 0 Å². The van der Waals surface area contributed by atoms with Crippen LogP contribution in [0.5, 0.6) is 0 Å². The summed E-state index contributed by atoms with van der Waals surface area (Å²) < 4.78 is 9.00. The number of thiophene rings is 1. The lowest BCUT2D eigenvalue weighted by atomic mass is 9.98. The first-order valence-corrected chi connectivity index (χ1v) is 17.4. The molecule has 0 radical (unpaired) electrons. The van der Waals surface area contributed by atoms with E-state index in [2.05, 4.69) is 169 Å². The minimum absolute atomic E-state index is 0.879. The molecule has 0 atom stereocenters. The minimum atomic E-state index is 0.879. The van der Waals surface area contributed by atoms with Gasteiger partial charge in [-0.05, 0) is 81.6 Å². The van der Waals surface area contributed by atoms with Gasteiger partial charge in [0.1, 0.15) is 11.2 Å². The van der Waals surface area contributed by atoms with E-state index < -0.39 is 0 Å². The van der Waals surface area contributed by atoms with E-state index in [0.717, 1.165) is 39.0 Å². The highest BCUT2D eigenvalue weighted by atomic mass is 32.1. The molecule has 0 unspecified atom stereocenters. The smallest absolute Gasteiger partial charge is 0.137 e. The van der Waals surface area contributed by atoms with Crippen molar-refractivity contribution in [1.29, 1.82) is 0 Å². The van der Waals surface area contributed by atoms with Gasteiger partial charge in [-0.25, -0.2) is 0 Å². The fourth-order valence-corrected chi connectivity index (χ4v) is 8.58. The topological polar surface area (TPSA) is 16.4 Å². The summed E-state index contributed by atoms with van der Waals surface area (Å²) >= 11 is 1.89. The summed E-state index contributed by atoms with van der Waals surface area (Å²) in [5, 5.41) is 7.50. The van der Waals surface area contributed by atoms with Crippen LogP contribution in [0.1, 0.15) is 0 Å². The molecule has 0 aliphatic heterocycles. The Bertz CT molecular complexity index is 2810. The number of benzene rings is 8. The fourth-order valence-electron chi connectivity index (χ4n) is 7.32. The molecule has 0 N–H and O–H groups in total. The fraction of sp³-hybridized carbons (Fsp3) is 0. The molecule has 10 aromatic rings. The van der Waals surface area contributed by atoms with Crippen molar-refractivity contribution < 1.29 is 4.42 Å². The number of hydrogen-bond donors (Lipinski definition) is 0. The van der Waals surface area contributed by atoms with E-state index >= 15 is 0 Å². The zero-order valence-electron chi connectivity index (χ0n) is 26.5. The molecule has 0 aliphatic rings. The Labute approximate surface area is 287 Å².